The topological polar surface area (TPSA) is 62.3 Å². The molecule has 0 unspecified atom stereocenters. The van der Waals surface area contributed by atoms with E-state index in [-0.39, 0.29) is 11.9 Å². The monoisotopic (exact) mass is 343 g/mol. The summed E-state index contributed by atoms with van der Waals surface area (Å²) in [5, 5.41) is 4.00. The molecule has 1 aromatic carbocycles. The Morgan fingerprint density at radius 2 is 1.92 bits per heavy atom. The lowest BCUT2D eigenvalue weighted by Crippen LogP contribution is -2.42. The molecule has 0 saturated carbocycles. The lowest BCUT2D eigenvalue weighted by atomic mass is 10.0. The minimum absolute atomic E-state index is 0.0302. The van der Waals surface area contributed by atoms with E-state index in [9.17, 15) is 9.59 Å². The fourth-order valence-electron chi connectivity index (χ4n) is 2.85. The molecule has 1 aromatic heterocycles. The third-order valence-corrected chi connectivity index (χ3v) is 4.46. The van der Waals surface area contributed by atoms with Gasteiger partial charge in [-0.15, -0.1) is 0 Å². The molecule has 0 spiro atoms. The van der Waals surface area contributed by atoms with Crippen LogP contribution in [0.3, 0.4) is 0 Å². The minimum atomic E-state index is 0.0302. The first-order chi connectivity index (χ1) is 11.7. The van der Waals surface area contributed by atoms with Gasteiger partial charge in [-0.25, -0.2) is 0 Å². The molecule has 1 aliphatic rings. The second-order valence-electron chi connectivity index (χ2n) is 5.80. The molecule has 6 heteroatoms. The first-order valence-corrected chi connectivity index (χ1v) is 8.26. The summed E-state index contributed by atoms with van der Waals surface area (Å²) in [4.78, 5) is 29.3. The SMILES string of the molecule is O=Cc1cnccc1NC1CCN(C(=O)c2ccc(Cl)cc2)CC1. The zero-order valence-electron chi connectivity index (χ0n) is 13.1. The maximum atomic E-state index is 12.5. The fraction of sp³-hybridized carbons (Fsp3) is 0.278. The van der Waals surface area contributed by atoms with E-state index in [1.165, 1.54) is 0 Å². The Morgan fingerprint density at radius 3 is 2.58 bits per heavy atom. The zero-order valence-corrected chi connectivity index (χ0v) is 13.9. The minimum Gasteiger partial charge on any atom is -0.382 e. The highest BCUT2D eigenvalue weighted by Gasteiger charge is 2.24. The average Bonchev–Trinajstić information content (AvgIpc) is 2.63. The molecule has 1 aliphatic heterocycles. The van der Waals surface area contributed by atoms with Crippen LogP contribution in [0.25, 0.3) is 0 Å². The van der Waals surface area contributed by atoms with Crippen molar-refractivity contribution in [2.24, 2.45) is 0 Å². The van der Waals surface area contributed by atoms with Crippen molar-refractivity contribution in [2.45, 2.75) is 18.9 Å². The molecular formula is C18H18ClN3O2. The summed E-state index contributed by atoms with van der Waals surface area (Å²) in [5.74, 6) is 0.0302. The van der Waals surface area contributed by atoms with Crippen LogP contribution >= 0.6 is 11.6 Å². The van der Waals surface area contributed by atoms with E-state index in [2.05, 4.69) is 10.3 Å². The maximum absolute atomic E-state index is 12.5. The van der Waals surface area contributed by atoms with E-state index < -0.39 is 0 Å². The molecular weight excluding hydrogens is 326 g/mol. The number of rotatable bonds is 4. The Labute approximate surface area is 145 Å². The number of anilines is 1. The summed E-state index contributed by atoms with van der Waals surface area (Å²) in [7, 11) is 0. The van der Waals surface area contributed by atoms with Crippen LogP contribution < -0.4 is 5.32 Å². The van der Waals surface area contributed by atoms with Crippen LogP contribution in [0.2, 0.25) is 5.02 Å². The number of hydrogen-bond donors (Lipinski definition) is 1. The van der Waals surface area contributed by atoms with Crippen LogP contribution in [-0.4, -0.2) is 41.2 Å². The number of amides is 1. The number of aromatic nitrogens is 1. The summed E-state index contributed by atoms with van der Waals surface area (Å²) in [6, 6.07) is 9.00. The summed E-state index contributed by atoms with van der Waals surface area (Å²) in [6.45, 7) is 1.36. The fourth-order valence-corrected chi connectivity index (χ4v) is 2.98. The first-order valence-electron chi connectivity index (χ1n) is 7.88. The van der Waals surface area contributed by atoms with Crippen molar-refractivity contribution in [3.05, 3.63) is 58.9 Å². The van der Waals surface area contributed by atoms with Gasteiger partial charge in [-0.3, -0.25) is 14.6 Å². The lowest BCUT2D eigenvalue weighted by molar-refractivity contribution is 0.0718. The molecule has 1 N–H and O–H groups in total. The van der Waals surface area contributed by atoms with Crippen LogP contribution in [0, 0.1) is 0 Å². The van der Waals surface area contributed by atoms with Crippen LogP contribution in [0.5, 0.6) is 0 Å². The lowest BCUT2D eigenvalue weighted by Gasteiger charge is -2.33. The molecule has 2 heterocycles. The zero-order chi connectivity index (χ0) is 16.9. The van der Waals surface area contributed by atoms with E-state index in [0.717, 1.165) is 24.8 Å². The van der Waals surface area contributed by atoms with E-state index in [4.69, 9.17) is 11.6 Å². The van der Waals surface area contributed by atoms with Crippen molar-refractivity contribution in [2.75, 3.05) is 18.4 Å². The summed E-state index contributed by atoms with van der Waals surface area (Å²) < 4.78 is 0. The number of likely N-dealkylation sites (tertiary alicyclic amines) is 1. The Bertz CT molecular complexity index is 725. The Balaban J connectivity index is 1.58. The van der Waals surface area contributed by atoms with Crippen molar-refractivity contribution in [1.82, 2.24) is 9.88 Å². The van der Waals surface area contributed by atoms with Gasteiger partial charge in [0.05, 0.1) is 5.56 Å². The third-order valence-electron chi connectivity index (χ3n) is 4.21. The molecule has 0 aliphatic carbocycles. The molecule has 24 heavy (non-hydrogen) atoms. The van der Waals surface area contributed by atoms with Gasteiger partial charge in [0.15, 0.2) is 6.29 Å². The van der Waals surface area contributed by atoms with E-state index in [1.54, 1.807) is 42.7 Å². The molecule has 0 radical (unpaired) electrons. The van der Waals surface area contributed by atoms with Gasteiger partial charge in [0.25, 0.3) is 5.91 Å². The van der Waals surface area contributed by atoms with Gasteiger partial charge in [0.1, 0.15) is 0 Å². The molecule has 3 rings (SSSR count). The predicted octanol–water partition coefficient (Wildman–Crippen LogP) is 3.26. The number of carbonyl (C=O) groups is 2. The van der Waals surface area contributed by atoms with Gasteiger partial charge in [-0.05, 0) is 43.2 Å². The standard InChI is InChI=1S/C18H18ClN3O2/c19-15-3-1-13(2-4-15)18(24)22-9-6-16(7-10-22)21-17-5-8-20-11-14(17)12-23/h1-5,8,11-12,16H,6-7,9-10H2,(H,20,21). The second kappa shape index (κ2) is 7.45. The first kappa shape index (κ1) is 16.5. The second-order valence-corrected chi connectivity index (χ2v) is 6.23. The van der Waals surface area contributed by atoms with Gasteiger partial charge in [0, 0.05) is 47.8 Å². The van der Waals surface area contributed by atoms with Crippen molar-refractivity contribution in [1.29, 1.82) is 0 Å². The highest BCUT2D eigenvalue weighted by atomic mass is 35.5. The summed E-state index contributed by atoms with van der Waals surface area (Å²) in [5.41, 5.74) is 2.00. The highest BCUT2D eigenvalue weighted by Crippen LogP contribution is 2.20. The molecule has 124 valence electrons. The van der Waals surface area contributed by atoms with Gasteiger partial charge >= 0.3 is 0 Å². The average molecular weight is 344 g/mol. The maximum Gasteiger partial charge on any atom is 0.253 e. The number of carbonyl (C=O) groups excluding carboxylic acids is 2. The number of hydrogen-bond acceptors (Lipinski definition) is 4. The summed E-state index contributed by atoms with van der Waals surface area (Å²) in [6.07, 6.45) is 5.68. The number of nitrogens with zero attached hydrogens (tertiary/aromatic N) is 2. The molecule has 1 amide bonds. The smallest absolute Gasteiger partial charge is 0.253 e. The van der Waals surface area contributed by atoms with Crippen molar-refractivity contribution < 1.29 is 9.59 Å². The van der Waals surface area contributed by atoms with Gasteiger partial charge < -0.3 is 10.2 Å². The van der Waals surface area contributed by atoms with Gasteiger partial charge in [-0.1, -0.05) is 11.6 Å². The predicted molar refractivity (Wildman–Crippen MR) is 93.6 cm³/mol. The Hall–Kier alpha value is -2.40. The number of benzene rings is 1. The highest BCUT2D eigenvalue weighted by molar-refractivity contribution is 6.30. The van der Waals surface area contributed by atoms with Crippen LogP contribution in [-0.2, 0) is 0 Å². The van der Waals surface area contributed by atoms with Crippen LogP contribution in [0.1, 0.15) is 33.6 Å². The quantitative estimate of drug-likeness (QED) is 0.865. The number of halogens is 1. The molecule has 1 fully saturated rings. The van der Waals surface area contributed by atoms with Crippen molar-refractivity contribution in [3.63, 3.8) is 0 Å². The van der Waals surface area contributed by atoms with Crippen LogP contribution in [0.15, 0.2) is 42.7 Å². The van der Waals surface area contributed by atoms with Gasteiger partial charge in [0.2, 0.25) is 0 Å². The Morgan fingerprint density at radius 1 is 1.21 bits per heavy atom. The molecule has 2 aromatic rings. The number of piperidine rings is 1. The number of aldehydes is 1. The van der Waals surface area contributed by atoms with Crippen LogP contribution in [0.4, 0.5) is 5.69 Å². The van der Waals surface area contributed by atoms with Crippen molar-refractivity contribution >= 4 is 29.5 Å². The normalized spacial score (nSPS) is 15.1. The molecule has 5 nitrogen and oxygen atoms in total. The molecule has 0 bridgehead atoms. The van der Waals surface area contributed by atoms with E-state index >= 15 is 0 Å². The van der Waals surface area contributed by atoms with Gasteiger partial charge in [-0.2, -0.15) is 0 Å². The number of nitrogens with one attached hydrogen (secondary N) is 1. The van der Waals surface area contributed by atoms with E-state index in [0.29, 0.717) is 29.2 Å². The Kier molecular flexibility index (Phi) is 5.11. The van der Waals surface area contributed by atoms with E-state index in [1.807, 2.05) is 4.90 Å². The largest absolute Gasteiger partial charge is 0.382 e. The third kappa shape index (κ3) is 3.74. The van der Waals surface area contributed by atoms with Crippen molar-refractivity contribution in [3.8, 4) is 0 Å². The summed E-state index contributed by atoms with van der Waals surface area (Å²) >= 11 is 5.86. The molecule has 0 atom stereocenters. The number of pyridine rings is 1. The molecule has 1 saturated heterocycles.